The van der Waals surface area contributed by atoms with Gasteiger partial charge in [0, 0.05) is 16.3 Å². The predicted molar refractivity (Wildman–Crippen MR) is 95.4 cm³/mol. The lowest BCUT2D eigenvalue weighted by atomic mass is 10.1. The van der Waals surface area contributed by atoms with Gasteiger partial charge >= 0.3 is 0 Å². The van der Waals surface area contributed by atoms with Gasteiger partial charge in [0.2, 0.25) is 5.91 Å². The Hall–Kier alpha value is -1.89. The SMILES string of the molecule is COc1ccc(-c2ccc(CNC(=O)[C@H]3NCCO[C@@H]3C)s2)cc1. The molecule has 1 aliphatic rings. The molecule has 2 aromatic rings. The molecule has 2 N–H and O–H groups in total. The molecule has 0 spiro atoms. The van der Waals surface area contributed by atoms with E-state index in [9.17, 15) is 4.79 Å². The van der Waals surface area contributed by atoms with Crippen LogP contribution in [0, 0.1) is 0 Å². The Morgan fingerprint density at radius 1 is 1.33 bits per heavy atom. The van der Waals surface area contributed by atoms with Crippen molar-refractivity contribution in [1.82, 2.24) is 10.6 Å². The van der Waals surface area contributed by atoms with Gasteiger partial charge in [0.25, 0.3) is 0 Å². The molecular formula is C18H22N2O3S. The third-order valence-electron chi connectivity index (χ3n) is 4.07. The smallest absolute Gasteiger partial charge is 0.240 e. The molecule has 1 amide bonds. The Labute approximate surface area is 146 Å². The van der Waals surface area contributed by atoms with E-state index >= 15 is 0 Å². The Morgan fingerprint density at radius 2 is 2.12 bits per heavy atom. The van der Waals surface area contributed by atoms with E-state index < -0.39 is 0 Å². The van der Waals surface area contributed by atoms with Gasteiger partial charge in [-0.05, 0) is 48.9 Å². The normalized spacial score (nSPS) is 20.6. The van der Waals surface area contributed by atoms with Crippen LogP contribution in [0.2, 0.25) is 0 Å². The first-order chi connectivity index (χ1) is 11.7. The lowest BCUT2D eigenvalue weighted by Crippen LogP contribution is -2.55. The summed E-state index contributed by atoms with van der Waals surface area (Å²) in [6.45, 7) is 3.82. The van der Waals surface area contributed by atoms with Crippen molar-refractivity contribution in [3.05, 3.63) is 41.3 Å². The van der Waals surface area contributed by atoms with E-state index in [1.807, 2.05) is 31.2 Å². The zero-order valence-corrected chi connectivity index (χ0v) is 14.7. The van der Waals surface area contributed by atoms with Crippen LogP contribution in [0.5, 0.6) is 5.75 Å². The molecule has 0 radical (unpaired) electrons. The quantitative estimate of drug-likeness (QED) is 0.873. The van der Waals surface area contributed by atoms with Gasteiger partial charge in [-0.25, -0.2) is 0 Å². The van der Waals surface area contributed by atoms with Gasteiger partial charge in [-0.2, -0.15) is 0 Å². The van der Waals surface area contributed by atoms with Gasteiger partial charge in [0.1, 0.15) is 11.8 Å². The lowest BCUT2D eigenvalue weighted by Gasteiger charge is -2.29. The molecule has 0 saturated carbocycles. The van der Waals surface area contributed by atoms with Crippen molar-refractivity contribution < 1.29 is 14.3 Å². The summed E-state index contributed by atoms with van der Waals surface area (Å²) >= 11 is 1.68. The van der Waals surface area contributed by atoms with Crippen LogP contribution in [-0.2, 0) is 16.1 Å². The number of carbonyl (C=O) groups is 1. The molecule has 24 heavy (non-hydrogen) atoms. The molecule has 1 fully saturated rings. The van der Waals surface area contributed by atoms with Crippen LogP contribution in [0.25, 0.3) is 10.4 Å². The molecule has 128 valence electrons. The largest absolute Gasteiger partial charge is 0.497 e. The zero-order valence-electron chi connectivity index (χ0n) is 13.9. The second-order valence-electron chi connectivity index (χ2n) is 5.72. The van der Waals surface area contributed by atoms with Crippen LogP contribution < -0.4 is 15.4 Å². The molecule has 0 aliphatic carbocycles. The molecular weight excluding hydrogens is 324 g/mol. The van der Waals surface area contributed by atoms with Crippen LogP contribution in [0.4, 0.5) is 0 Å². The highest BCUT2D eigenvalue weighted by Gasteiger charge is 2.27. The number of ether oxygens (including phenoxy) is 2. The number of carbonyl (C=O) groups excluding carboxylic acids is 1. The number of benzene rings is 1. The van der Waals surface area contributed by atoms with Gasteiger partial charge < -0.3 is 20.1 Å². The van der Waals surface area contributed by atoms with E-state index in [1.165, 1.54) is 4.88 Å². The second kappa shape index (κ2) is 7.79. The standard InChI is InChI=1S/C18H22N2O3S/c1-12-17(19-9-10-23-12)18(21)20-11-15-7-8-16(24-15)13-3-5-14(22-2)6-4-13/h3-8,12,17,19H,9-11H2,1-2H3,(H,20,21)/t12-,17+/m1/s1. The van der Waals surface area contributed by atoms with Gasteiger partial charge in [-0.15, -0.1) is 11.3 Å². The van der Waals surface area contributed by atoms with Gasteiger partial charge in [-0.1, -0.05) is 0 Å². The number of rotatable bonds is 5. The van der Waals surface area contributed by atoms with Crippen LogP contribution in [0.3, 0.4) is 0 Å². The van der Waals surface area contributed by atoms with Crippen molar-refractivity contribution in [2.45, 2.75) is 25.6 Å². The first-order valence-corrected chi connectivity index (χ1v) is 8.85. The van der Waals surface area contributed by atoms with E-state index in [4.69, 9.17) is 9.47 Å². The van der Waals surface area contributed by atoms with E-state index in [2.05, 4.69) is 22.8 Å². The van der Waals surface area contributed by atoms with Crippen LogP contribution >= 0.6 is 11.3 Å². The third-order valence-corrected chi connectivity index (χ3v) is 5.21. The first-order valence-electron chi connectivity index (χ1n) is 8.03. The Bertz CT molecular complexity index is 684. The fraction of sp³-hybridized carbons (Fsp3) is 0.389. The lowest BCUT2D eigenvalue weighted by molar-refractivity contribution is -0.129. The van der Waals surface area contributed by atoms with Crippen molar-refractivity contribution in [3.63, 3.8) is 0 Å². The average molecular weight is 346 g/mol. The highest BCUT2D eigenvalue weighted by molar-refractivity contribution is 7.15. The molecule has 2 heterocycles. The van der Waals surface area contributed by atoms with E-state index in [1.54, 1.807) is 18.4 Å². The van der Waals surface area contributed by atoms with Crippen molar-refractivity contribution in [2.24, 2.45) is 0 Å². The number of hydrogen-bond acceptors (Lipinski definition) is 5. The molecule has 0 bridgehead atoms. The number of amides is 1. The molecule has 6 heteroatoms. The van der Waals surface area contributed by atoms with E-state index in [-0.39, 0.29) is 18.1 Å². The number of nitrogens with one attached hydrogen (secondary N) is 2. The maximum atomic E-state index is 12.3. The molecule has 1 aromatic heterocycles. The molecule has 1 aromatic carbocycles. The molecule has 1 saturated heterocycles. The predicted octanol–water partition coefficient (Wildman–Crippen LogP) is 2.42. The summed E-state index contributed by atoms with van der Waals surface area (Å²) in [6, 6.07) is 11.8. The van der Waals surface area contributed by atoms with Gasteiger partial charge in [0.15, 0.2) is 0 Å². The Kier molecular flexibility index (Phi) is 5.50. The maximum Gasteiger partial charge on any atom is 0.240 e. The summed E-state index contributed by atoms with van der Waals surface area (Å²) in [7, 11) is 1.66. The van der Waals surface area contributed by atoms with E-state index in [0.29, 0.717) is 19.7 Å². The van der Waals surface area contributed by atoms with Crippen LogP contribution in [-0.4, -0.2) is 38.3 Å². The monoisotopic (exact) mass is 346 g/mol. The second-order valence-corrected chi connectivity index (χ2v) is 6.89. The minimum Gasteiger partial charge on any atom is -0.497 e. The van der Waals surface area contributed by atoms with Crippen molar-refractivity contribution in [2.75, 3.05) is 20.3 Å². The van der Waals surface area contributed by atoms with Gasteiger partial charge in [0.05, 0.1) is 26.4 Å². The molecule has 0 unspecified atom stereocenters. The zero-order chi connectivity index (χ0) is 16.9. The maximum absolute atomic E-state index is 12.3. The van der Waals surface area contributed by atoms with Gasteiger partial charge in [-0.3, -0.25) is 4.79 Å². The van der Waals surface area contributed by atoms with Crippen LogP contribution in [0.15, 0.2) is 36.4 Å². The fourth-order valence-corrected chi connectivity index (χ4v) is 3.65. The fourth-order valence-electron chi connectivity index (χ4n) is 2.69. The van der Waals surface area contributed by atoms with Crippen molar-refractivity contribution >= 4 is 17.2 Å². The summed E-state index contributed by atoms with van der Waals surface area (Å²) in [4.78, 5) is 14.6. The summed E-state index contributed by atoms with van der Waals surface area (Å²) in [5.41, 5.74) is 1.15. The Balaban J connectivity index is 1.58. The summed E-state index contributed by atoms with van der Waals surface area (Å²) in [5.74, 6) is 0.834. The molecule has 3 rings (SSSR count). The molecule has 5 nitrogen and oxygen atoms in total. The minimum atomic E-state index is -0.278. The average Bonchev–Trinajstić information content (AvgIpc) is 3.09. The highest BCUT2D eigenvalue weighted by atomic mass is 32.1. The highest BCUT2D eigenvalue weighted by Crippen LogP contribution is 2.29. The first kappa shape index (κ1) is 17.0. The summed E-state index contributed by atoms with van der Waals surface area (Å²) < 4.78 is 10.7. The number of thiophene rings is 1. The number of hydrogen-bond donors (Lipinski definition) is 2. The molecule has 2 atom stereocenters. The van der Waals surface area contributed by atoms with E-state index in [0.717, 1.165) is 16.2 Å². The third kappa shape index (κ3) is 3.95. The van der Waals surface area contributed by atoms with Crippen molar-refractivity contribution in [3.8, 4) is 16.2 Å². The number of morpholine rings is 1. The Morgan fingerprint density at radius 3 is 2.83 bits per heavy atom. The van der Waals surface area contributed by atoms with Crippen molar-refractivity contribution in [1.29, 1.82) is 0 Å². The molecule has 1 aliphatic heterocycles. The minimum absolute atomic E-state index is 0.0124. The van der Waals surface area contributed by atoms with Crippen LogP contribution in [0.1, 0.15) is 11.8 Å². The topological polar surface area (TPSA) is 59.6 Å². The number of methoxy groups -OCH3 is 1. The summed E-state index contributed by atoms with van der Waals surface area (Å²) in [5, 5.41) is 6.19. The summed E-state index contributed by atoms with van der Waals surface area (Å²) in [6.07, 6.45) is -0.100.